The maximum absolute atomic E-state index is 12.2. The summed E-state index contributed by atoms with van der Waals surface area (Å²) in [5.74, 6) is 0. The van der Waals surface area contributed by atoms with Gasteiger partial charge in [0.2, 0.25) is 5.13 Å². The third-order valence-corrected chi connectivity index (χ3v) is 5.04. The van der Waals surface area contributed by atoms with Crippen LogP contribution in [0.4, 0.5) is 9.93 Å². The molecule has 1 aromatic carbocycles. The standard InChI is InChI=1S/C18H24N6OS/c19-17-22-21-16(26-17)8-9-20-18(25)24-13-11-23(12-14-24)10-4-7-15-5-2-1-3-6-15/h1-7H,8-14H2,(H2,19,22)(H,20,25). The van der Waals surface area contributed by atoms with Crippen LogP contribution in [0.1, 0.15) is 10.6 Å². The SMILES string of the molecule is Nc1nnc(CCNC(=O)N2CCN(CC=Cc3ccccc3)CC2)s1. The molecule has 8 heteroatoms. The highest BCUT2D eigenvalue weighted by Gasteiger charge is 2.20. The van der Waals surface area contributed by atoms with Gasteiger partial charge in [-0.05, 0) is 5.56 Å². The second-order valence-corrected chi connectivity index (χ2v) is 7.21. The molecule has 1 aliphatic rings. The number of urea groups is 1. The van der Waals surface area contributed by atoms with E-state index in [1.165, 1.54) is 16.9 Å². The number of rotatable bonds is 6. The Morgan fingerprint density at radius 1 is 1.19 bits per heavy atom. The summed E-state index contributed by atoms with van der Waals surface area (Å²) in [6.45, 7) is 4.73. The summed E-state index contributed by atoms with van der Waals surface area (Å²) >= 11 is 1.36. The summed E-state index contributed by atoms with van der Waals surface area (Å²) in [5, 5.41) is 12.0. The van der Waals surface area contributed by atoms with Crippen LogP contribution < -0.4 is 11.1 Å². The molecule has 7 nitrogen and oxygen atoms in total. The molecule has 3 N–H and O–H groups in total. The first-order valence-electron chi connectivity index (χ1n) is 8.75. The number of amides is 2. The highest BCUT2D eigenvalue weighted by Crippen LogP contribution is 2.11. The van der Waals surface area contributed by atoms with Gasteiger partial charge in [0.15, 0.2) is 0 Å². The van der Waals surface area contributed by atoms with Crippen LogP contribution in [0.5, 0.6) is 0 Å². The maximum Gasteiger partial charge on any atom is 0.317 e. The van der Waals surface area contributed by atoms with Gasteiger partial charge in [-0.1, -0.05) is 53.8 Å². The zero-order valence-corrected chi connectivity index (χ0v) is 15.5. The zero-order chi connectivity index (χ0) is 18.2. The molecule has 0 bridgehead atoms. The second kappa shape index (κ2) is 9.30. The van der Waals surface area contributed by atoms with E-state index < -0.39 is 0 Å². The fourth-order valence-electron chi connectivity index (χ4n) is 2.79. The Morgan fingerprint density at radius 2 is 1.96 bits per heavy atom. The van der Waals surface area contributed by atoms with Crippen molar-refractivity contribution in [1.82, 2.24) is 25.3 Å². The Hall–Kier alpha value is -2.45. The predicted molar refractivity (Wildman–Crippen MR) is 105 cm³/mol. The summed E-state index contributed by atoms with van der Waals surface area (Å²) in [6, 6.07) is 10.3. The predicted octanol–water partition coefficient (Wildman–Crippen LogP) is 1.70. The highest BCUT2D eigenvalue weighted by molar-refractivity contribution is 7.15. The number of nitrogens with two attached hydrogens (primary N) is 1. The fourth-order valence-corrected chi connectivity index (χ4v) is 3.40. The molecule has 138 valence electrons. The second-order valence-electron chi connectivity index (χ2n) is 6.12. The van der Waals surface area contributed by atoms with Gasteiger partial charge < -0.3 is 16.0 Å². The average molecular weight is 372 g/mol. The van der Waals surface area contributed by atoms with E-state index in [1.807, 2.05) is 23.1 Å². The summed E-state index contributed by atoms with van der Waals surface area (Å²) < 4.78 is 0. The van der Waals surface area contributed by atoms with E-state index in [2.05, 4.69) is 44.7 Å². The minimum Gasteiger partial charge on any atom is -0.374 e. The van der Waals surface area contributed by atoms with Gasteiger partial charge in [-0.15, -0.1) is 10.2 Å². The van der Waals surface area contributed by atoms with Crippen molar-refractivity contribution >= 4 is 28.6 Å². The number of nitrogen functional groups attached to an aromatic ring is 1. The van der Waals surface area contributed by atoms with Crippen molar-refractivity contribution in [3.05, 3.63) is 47.0 Å². The Morgan fingerprint density at radius 3 is 2.65 bits per heavy atom. The summed E-state index contributed by atoms with van der Waals surface area (Å²) in [5.41, 5.74) is 6.76. The van der Waals surface area contributed by atoms with Crippen LogP contribution in [0.3, 0.4) is 0 Å². The first-order chi connectivity index (χ1) is 12.7. The largest absolute Gasteiger partial charge is 0.374 e. The number of nitrogens with zero attached hydrogens (tertiary/aromatic N) is 4. The van der Waals surface area contributed by atoms with E-state index in [-0.39, 0.29) is 6.03 Å². The number of anilines is 1. The van der Waals surface area contributed by atoms with Crippen molar-refractivity contribution in [1.29, 1.82) is 0 Å². The van der Waals surface area contributed by atoms with E-state index >= 15 is 0 Å². The molecular weight excluding hydrogens is 348 g/mol. The fraction of sp³-hybridized carbons (Fsp3) is 0.389. The zero-order valence-electron chi connectivity index (χ0n) is 14.7. The smallest absolute Gasteiger partial charge is 0.317 e. The molecule has 0 unspecified atom stereocenters. The van der Waals surface area contributed by atoms with Crippen LogP contribution in [-0.2, 0) is 6.42 Å². The van der Waals surface area contributed by atoms with Gasteiger partial charge in [-0.3, -0.25) is 4.90 Å². The Bertz CT molecular complexity index is 724. The van der Waals surface area contributed by atoms with Gasteiger partial charge in [-0.2, -0.15) is 0 Å². The summed E-state index contributed by atoms with van der Waals surface area (Å²) in [4.78, 5) is 16.4. The van der Waals surface area contributed by atoms with Crippen molar-refractivity contribution in [2.45, 2.75) is 6.42 Å². The van der Waals surface area contributed by atoms with E-state index in [1.54, 1.807) is 0 Å². The van der Waals surface area contributed by atoms with Crippen molar-refractivity contribution < 1.29 is 4.79 Å². The molecule has 26 heavy (non-hydrogen) atoms. The van der Waals surface area contributed by atoms with Gasteiger partial charge in [0.25, 0.3) is 0 Å². The highest BCUT2D eigenvalue weighted by atomic mass is 32.1. The summed E-state index contributed by atoms with van der Waals surface area (Å²) in [6.07, 6.45) is 4.98. The number of hydrogen-bond donors (Lipinski definition) is 2. The lowest BCUT2D eigenvalue weighted by atomic mass is 10.2. The number of carbonyl (C=O) groups excluding carboxylic acids is 1. The van der Waals surface area contributed by atoms with Crippen molar-refractivity contribution in [2.24, 2.45) is 0 Å². The number of hydrogen-bond acceptors (Lipinski definition) is 6. The van der Waals surface area contributed by atoms with Crippen LogP contribution in [-0.4, -0.2) is 65.3 Å². The van der Waals surface area contributed by atoms with E-state index in [0.717, 1.165) is 37.7 Å². The lowest BCUT2D eigenvalue weighted by molar-refractivity contribution is 0.147. The minimum absolute atomic E-state index is 0.0121. The molecule has 0 saturated carbocycles. The third-order valence-electron chi connectivity index (χ3n) is 4.23. The molecule has 0 spiro atoms. The van der Waals surface area contributed by atoms with Crippen LogP contribution in [0, 0.1) is 0 Å². The van der Waals surface area contributed by atoms with Gasteiger partial charge in [0.05, 0.1) is 0 Å². The number of nitrogens with one attached hydrogen (secondary N) is 1. The van der Waals surface area contributed by atoms with E-state index in [4.69, 9.17) is 5.73 Å². The molecule has 0 aliphatic carbocycles. The molecule has 2 heterocycles. The topological polar surface area (TPSA) is 87.4 Å². The van der Waals surface area contributed by atoms with Crippen LogP contribution >= 0.6 is 11.3 Å². The average Bonchev–Trinajstić information content (AvgIpc) is 3.08. The maximum atomic E-state index is 12.2. The normalized spacial score (nSPS) is 15.5. The Labute approximate surface area is 157 Å². The molecule has 2 aromatic rings. The third kappa shape index (κ3) is 5.53. The molecular formula is C18H24N6OS. The first-order valence-corrected chi connectivity index (χ1v) is 9.57. The van der Waals surface area contributed by atoms with Gasteiger partial charge in [0.1, 0.15) is 5.01 Å². The van der Waals surface area contributed by atoms with Gasteiger partial charge >= 0.3 is 6.03 Å². The Balaban J connectivity index is 1.33. The van der Waals surface area contributed by atoms with E-state index in [0.29, 0.717) is 18.1 Å². The molecule has 0 radical (unpaired) electrons. The number of carbonyl (C=O) groups is 1. The van der Waals surface area contributed by atoms with E-state index in [9.17, 15) is 4.79 Å². The van der Waals surface area contributed by atoms with Crippen LogP contribution in [0.15, 0.2) is 36.4 Å². The van der Waals surface area contributed by atoms with Crippen molar-refractivity contribution in [2.75, 3.05) is 45.0 Å². The molecule has 3 rings (SSSR count). The van der Waals surface area contributed by atoms with Crippen LogP contribution in [0.2, 0.25) is 0 Å². The first kappa shape index (κ1) is 18.3. The Kier molecular flexibility index (Phi) is 6.56. The lowest BCUT2D eigenvalue weighted by Crippen LogP contribution is -2.51. The molecule has 1 aliphatic heterocycles. The quantitative estimate of drug-likeness (QED) is 0.806. The van der Waals surface area contributed by atoms with Crippen LogP contribution in [0.25, 0.3) is 6.08 Å². The number of benzene rings is 1. The number of aromatic nitrogens is 2. The molecule has 1 aromatic heterocycles. The number of piperazine rings is 1. The molecule has 1 saturated heterocycles. The monoisotopic (exact) mass is 372 g/mol. The molecule has 0 atom stereocenters. The van der Waals surface area contributed by atoms with Gasteiger partial charge in [0, 0.05) is 45.7 Å². The van der Waals surface area contributed by atoms with Crippen molar-refractivity contribution in [3.63, 3.8) is 0 Å². The molecule has 2 amide bonds. The molecule has 1 fully saturated rings. The summed E-state index contributed by atoms with van der Waals surface area (Å²) in [7, 11) is 0. The van der Waals surface area contributed by atoms with Crippen molar-refractivity contribution in [3.8, 4) is 0 Å². The van der Waals surface area contributed by atoms with Gasteiger partial charge in [-0.25, -0.2) is 4.79 Å². The minimum atomic E-state index is -0.0121. The lowest BCUT2D eigenvalue weighted by Gasteiger charge is -2.34.